The highest BCUT2D eigenvalue weighted by Gasteiger charge is 2.28. The van der Waals surface area contributed by atoms with Gasteiger partial charge in [0.25, 0.3) is 0 Å². The summed E-state index contributed by atoms with van der Waals surface area (Å²) in [7, 11) is 0. The molecule has 1 atom stereocenters. The first kappa shape index (κ1) is 15.4. The summed E-state index contributed by atoms with van der Waals surface area (Å²) in [6.45, 7) is 2.00. The Labute approximate surface area is 137 Å². The molecule has 0 radical (unpaired) electrons. The van der Waals surface area contributed by atoms with Crippen LogP contribution in [0, 0.1) is 15.9 Å². The molecule has 118 valence electrons. The van der Waals surface area contributed by atoms with Crippen LogP contribution in [-0.4, -0.2) is 20.6 Å². The first-order valence-corrected chi connectivity index (χ1v) is 7.48. The van der Waals surface area contributed by atoms with Crippen LogP contribution in [0.25, 0.3) is 11.0 Å². The molecular weight excluding hydrogens is 315 g/mol. The van der Waals surface area contributed by atoms with Crippen molar-refractivity contribution in [3.05, 3.63) is 64.7 Å². The van der Waals surface area contributed by atoms with Gasteiger partial charge in [-0.25, -0.2) is 4.39 Å². The molecule has 0 saturated carbocycles. The van der Waals surface area contributed by atoms with E-state index in [4.69, 9.17) is 12.2 Å². The van der Waals surface area contributed by atoms with Crippen LogP contribution in [-0.2, 0) is 11.3 Å². The van der Waals surface area contributed by atoms with Crippen molar-refractivity contribution >= 4 is 29.2 Å². The highest BCUT2D eigenvalue weighted by atomic mass is 32.1. The van der Waals surface area contributed by atoms with Crippen LogP contribution in [0.2, 0.25) is 0 Å². The summed E-state index contributed by atoms with van der Waals surface area (Å²) in [6.07, 6.45) is 10.0. The first-order chi connectivity index (χ1) is 10.9. The number of allylic oxidation sites excluding steroid dienone is 4. The van der Waals surface area contributed by atoms with Gasteiger partial charge < -0.3 is 14.7 Å². The molecule has 0 fully saturated rings. The molecule has 6 heteroatoms. The molecule has 0 spiro atoms. The van der Waals surface area contributed by atoms with Crippen LogP contribution in [0.4, 0.5) is 4.39 Å². The maximum atomic E-state index is 14.1. The lowest BCUT2D eigenvalue weighted by atomic mass is 9.88. The standard InChI is InChI=1S/C17H15FN2O2S/c1-17(16(21)22)7-3-2-4-11(8-17)9-20-10-12(18)15-13(20)5-6-14(23)19-15/h2-8,10H,9H2,1H3,(H,19,23)(H,21,22). The number of rotatable bonds is 3. The van der Waals surface area contributed by atoms with Gasteiger partial charge in [-0.1, -0.05) is 42.6 Å². The Balaban J connectivity index is 2.03. The molecule has 3 rings (SSSR count). The maximum Gasteiger partial charge on any atom is 0.317 e. The number of carboxylic acids is 1. The molecule has 1 aliphatic rings. The van der Waals surface area contributed by atoms with Gasteiger partial charge in [-0.3, -0.25) is 4.79 Å². The number of fused-ring (bicyclic) bond motifs is 1. The van der Waals surface area contributed by atoms with Gasteiger partial charge in [0.1, 0.15) is 15.6 Å². The quantitative estimate of drug-likeness (QED) is 0.837. The molecule has 23 heavy (non-hydrogen) atoms. The summed E-state index contributed by atoms with van der Waals surface area (Å²) in [5.41, 5.74) is 0.744. The maximum absolute atomic E-state index is 14.1. The third-order valence-electron chi connectivity index (χ3n) is 3.88. The fraction of sp³-hybridized carbons (Fsp3) is 0.176. The zero-order valence-electron chi connectivity index (χ0n) is 12.4. The third kappa shape index (κ3) is 2.90. The molecule has 0 amide bonds. The zero-order valence-corrected chi connectivity index (χ0v) is 13.2. The van der Waals surface area contributed by atoms with E-state index in [2.05, 4.69) is 4.98 Å². The van der Waals surface area contributed by atoms with E-state index in [-0.39, 0.29) is 5.82 Å². The molecule has 1 aliphatic carbocycles. The SMILES string of the molecule is CC1(C(=O)O)C=CC=CC(Cn2cc(F)c3[nH]c(=S)ccc32)=C1. The van der Waals surface area contributed by atoms with Gasteiger partial charge in [-0.2, -0.15) is 0 Å². The van der Waals surface area contributed by atoms with E-state index in [1.807, 2.05) is 6.08 Å². The van der Waals surface area contributed by atoms with Crippen LogP contribution in [0.5, 0.6) is 0 Å². The third-order valence-corrected chi connectivity index (χ3v) is 4.12. The largest absolute Gasteiger partial charge is 0.480 e. The second kappa shape index (κ2) is 5.62. The average molecular weight is 330 g/mol. The summed E-state index contributed by atoms with van der Waals surface area (Å²) in [5, 5.41) is 9.41. The number of hydrogen-bond donors (Lipinski definition) is 2. The summed E-state index contributed by atoms with van der Waals surface area (Å²) in [6, 6.07) is 3.46. The fourth-order valence-corrected chi connectivity index (χ4v) is 2.80. The van der Waals surface area contributed by atoms with Crippen LogP contribution < -0.4 is 0 Å². The first-order valence-electron chi connectivity index (χ1n) is 7.08. The normalized spacial score (nSPS) is 20.5. The van der Waals surface area contributed by atoms with Crippen LogP contribution >= 0.6 is 12.2 Å². The Morgan fingerprint density at radius 3 is 2.96 bits per heavy atom. The van der Waals surface area contributed by atoms with E-state index < -0.39 is 11.4 Å². The van der Waals surface area contributed by atoms with Gasteiger partial charge in [-0.15, -0.1) is 0 Å². The molecule has 0 saturated heterocycles. The Hall–Kier alpha value is -2.47. The van der Waals surface area contributed by atoms with E-state index in [1.54, 1.807) is 47.9 Å². The predicted octanol–water partition coefficient (Wildman–Crippen LogP) is 3.98. The van der Waals surface area contributed by atoms with Gasteiger partial charge in [0.15, 0.2) is 5.82 Å². The van der Waals surface area contributed by atoms with Crippen molar-refractivity contribution in [2.24, 2.45) is 5.41 Å². The minimum absolute atomic E-state index is 0.356. The Morgan fingerprint density at radius 1 is 1.43 bits per heavy atom. The van der Waals surface area contributed by atoms with Crippen molar-refractivity contribution in [3.63, 3.8) is 0 Å². The van der Waals surface area contributed by atoms with Gasteiger partial charge in [-0.05, 0) is 24.6 Å². The van der Waals surface area contributed by atoms with Gasteiger partial charge in [0.2, 0.25) is 0 Å². The lowest BCUT2D eigenvalue weighted by Crippen LogP contribution is -2.23. The Bertz CT molecular complexity index is 936. The number of carbonyl (C=O) groups is 1. The van der Waals surface area contributed by atoms with Gasteiger partial charge in [0.05, 0.1) is 5.52 Å². The lowest BCUT2D eigenvalue weighted by Gasteiger charge is -2.17. The van der Waals surface area contributed by atoms with Crippen molar-refractivity contribution in [2.75, 3.05) is 0 Å². The molecule has 2 aromatic rings. The highest BCUT2D eigenvalue weighted by molar-refractivity contribution is 7.71. The molecule has 0 aliphatic heterocycles. The van der Waals surface area contributed by atoms with Gasteiger partial charge >= 0.3 is 5.97 Å². The second-order valence-electron chi connectivity index (χ2n) is 5.71. The molecular formula is C17H15FN2O2S. The number of carboxylic acid groups (broad SMARTS) is 1. The number of halogens is 1. The summed E-state index contributed by atoms with van der Waals surface area (Å²) < 4.78 is 16.3. The summed E-state index contributed by atoms with van der Waals surface area (Å²) in [4.78, 5) is 14.3. The van der Waals surface area contributed by atoms with Crippen LogP contribution in [0.15, 0.2) is 54.3 Å². The summed E-state index contributed by atoms with van der Waals surface area (Å²) in [5.74, 6) is -1.31. The lowest BCUT2D eigenvalue weighted by molar-refractivity contribution is -0.142. The number of nitrogens with one attached hydrogen (secondary N) is 1. The zero-order chi connectivity index (χ0) is 16.6. The minimum Gasteiger partial charge on any atom is -0.480 e. The molecule has 2 aromatic heterocycles. The smallest absolute Gasteiger partial charge is 0.317 e. The van der Waals surface area contributed by atoms with E-state index >= 15 is 0 Å². The van der Waals surface area contributed by atoms with Crippen LogP contribution in [0.1, 0.15) is 6.92 Å². The molecule has 0 aromatic carbocycles. The van der Waals surface area contributed by atoms with Gasteiger partial charge in [0, 0.05) is 12.7 Å². The van der Waals surface area contributed by atoms with E-state index in [9.17, 15) is 14.3 Å². The number of hydrogen-bond acceptors (Lipinski definition) is 2. The second-order valence-corrected chi connectivity index (χ2v) is 6.15. The summed E-state index contributed by atoms with van der Waals surface area (Å²) >= 11 is 5.02. The van der Waals surface area contributed by atoms with E-state index in [1.165, 1.54) is 6.20 Å². The average Bonchev–Trinajstić information content (AvgIpc) is 2.67. The van der Waals surface area contributed by atoms with E-state index in [0.29, 0.717) is 22.2 Å². The number of aromatic amines is 1. The van der Waals surface area contributed by atoms with Crippen molar-refractivity contribution < 1.29 is 14.3 Å². The number of nitrogens with zero attached hydrogens (tertiary/aromatic N) is 1. The highest BCUT2D eigenvalue weighted by Crippen LogP contribution is 2.27. The Morgan fingerprint density at radius 2 is 2.22 bits per heavy atom. The number of aromatic nitrogens is 2. The molecule has 4 nitrogen and oxygen atoms in total. The Kier molecular flexibility index (Phi) is 3.77. The predicted molar refractivity (Wildman–Crippen MR) is 89.2 cm³/mol. The molecule has 0 bridgehead atoms. The number of aliphatic carboxylic acids is 1. The van der Waals surface area contributed by atoms with Crippen molar-refractivity contribution in [3.8, 4) is 0 Å². The molecule has 2 heterocycles. The monoisotopic (exact) mass is 330 g/mol. The van der Waals surface area contributed by atoms with E-state index in [0.717, 1.165) is 5.57 Å². The van der Waals surface area contributed by atoms with Crippen molar-refractivity contribution in [1.29, 1.82) is 0 Å². The number of H-pyrrole nitrogens is 1. The fourth-order valence-electron chi connectivity index (χ4n) is 2.63. The topological polar surface area (TPSA) is 58.0 Å². The molecule has 2 N–H and O–H groups in total. The van der Waals surface area contributed by atoms with Crippen molar-refractivity contribution in [1.82, 2.24) is 9.55 Å². The van der Waals surface area contributed by atoms with Crippen LogP contribution in [0.3, 0.4) is 0 Å². The minimum atomic E-state index is -1.08. The molecule has 1 unspecified atom stereocenters. The number of pyridine rings is 1. The van der Waals surface area contributed by atoms with Crippen molar-refractivity contribution in [2.45, 2.75) is 13.5 Å².